The fourth-order valence-corrected chi connectivity index (χ4v) is 7.73. The molecule has 334 valence electrons. The third kappa shape index (κ3) is 29.3. The molecule has 0 saturated heterocycles. The second kappa shape index (κ2) is 32.2. The van der Waals surface area contributed by atoms with Crippen LogP contribution < -0.4 is 0 Å². The maximum Gasteiger partial charge on any atom is 0.472 e. The van der Waals surface area contributed by atoms with Gasteiger partial charge in [0.05, 0.1) is 52.3 Å². The first-order valence-electron chi connectivity index (χ1n) is 22.3. The fraction of sp³-hybridized carbons (Fsp3) is 0.864. The highest BCUT2D eigenvalue weighted by atomic mass is 31.2. The Labute approximate surface area is 346 Å². The van der Waals surface area contributed by atoms with Crippen molar-refractivity contribution in [2.45, 2.75) is 186 Å². The van der Waals surface area contributed by atoms with Crippen molar-refractivity contribution in [1.82, 2.24) is 0 Å². The van der Waals surface area contributed by atoms with Gasteiger partial charge >= 0.3 is 13.8 Å². The third-order valence-corrected chi connectivity index (χ3v) is 11.5. The van der Waals surface area contributed by atoms with E-state index in [9.17, 15) is 34.4 Å². The molecule has 0 aliphatic heterocycles. The molecule has 1 aliphatic carbocycles. The Kier molecular flexibility index (Phi) is 30.1. The number of allylic oxidation sites excluding steroid dienone is 1. The molecule has 1 fully saturated rings. The number of aliphatic hydroxyl groups excluding tert-OH is 3. The Morgan fingerprint density at radius 2 is 1.39 bits per heavy atom. The van der Waals surface area contributed by atoms with E-state index in [1.54, 1.807) is 18.4 Å². The molecule has 12 nitrogen and oxygen atoms in total. The number of phosphoric ester groups is 1. The average molecular weight is 833 g/mol. The second-order valence-corrected chi connectivity index (χ2v) is 18.6. The molecular weight excluding hydrogens is 749 g/mol. The van der Waals surface area contributed by atoms with Crippen molar-refractivity contribution in [2.75, 3.05) is 47.5 Å². The van der Waals surface area contributed by atoms with Gasteiger partial charge in [0.1, 0.15) is 25.5 Å². The van der Waals surface area contributed by atoms with Crippen molar-refractivity contribution in [3.8, 4) is 0 Å². The fourth-order valence-electron chi connectivity index (χ4n) is 6.98. The van der Waals surface area contributed by atoms with Crippen LogP contribution in [0.3, 0.4) is 0 Å². The topological polar surface area (TPSA) is 169 Å². The molecule has 1 aliphatic rings. The summed E-state index contributed by atoms with van der Waals surface area (Å²) in [6.07, 6.45) is 25.0. The second-order valence-electron chi connectivity index (χ2n) is 17.1. The van der Waals surface area contributed by atoms with Gasteiger partial charge < -0.3 is 34.2 Å². The van der Waals surface area contributed by atoms with Gasteiger partial charge in [0.25, 0.3) is 0 Å². The first-order chi connectivity index (χ1) is 27.2. The number of carbonyl (C=O) groups excluding carboxylic acids is 2. The van der Waals surface area contributed by atoms with Crippen LogP contribution in [0.25, 0.3) is 0 Å². The number of aliphatic hydroxyl groups is 3. The Bertz CT molecular complexity index is 1140. The molecule has 57 heavy (non-hydrogen) atoms. The van der Waals surface area contributed by atoms with Gasteiger partial charge in [0.2, 0.25) is 0 Å². The van der Waals surface area contributed by atoms with E-state index in [-0.39, 0.29) is 44.7 Å². The summed E-state index contributed by atoms with van der Waals surface area (Å²) >= 11 is 0. The number of quaternary nitrogens is 1. The van der Waals surface area contributed by atoms with Crippen molar-refractivity contribution in [2.24, 2.45) is 11.8 Å². The first kappa shape index (κ1) is 53.4. The van der Waals surface area contributed by atoms with E-state index in [0.717, 1.165) is 38.5 Å². The number of ketones is 1. The molecule has 0 bridgehead atoms. The predicted molar refractivity (Wildman–Crippen MR) is 226 cm³/mol. The molecule has 0 spiro atoms. The van der Waals surface area contributed by atoms with Crippen molar-refractivity contribution in [3.05, 3.63) is 24.5 Å². The van der Waals surface area contributed by atoms with Crippen LogP contribution in [0, 0.1) is 11.8 Å². The van der Waals surface area contributed by atoms with Gasteiger partial charge in [0, 0.05) is 37.5 Å². The molecule has 4 N–H and O–H groups in total. The molecule has 0 radical (unpaired) electrons. The van der Waals surface area contributed by atoms with Gasteiger partial charge in [0.15, 0.2) is 6.10 Å². The van der Waals surface area contributed by atoms with E-state index >= 15 is 0 Å². The van der Waals surface area contributed by atoms with Crippen LogP contribution in [-0.2, 0) is 32.7 Å². The van der Waals surface area contributed by atoms with Gasteiger partial charge in [-0.2, -0.15) is 0 Å². The molecule has 7 atom stereocenters. The standard InChI is InChI=1S/C44H82NO11P/c1-6-8-10-11-12-13-14-15-16-17-18-19-20-24-31-53-35-39(36-55-57(51,52)54-32-30-45(3,4)5)56-44(50)27-23-22-26-38(47)33-41-40(42(48)34-43(41)49)29-28-37(46)25-21-9-7-2/h24,28-29,31,37,39-43,46,48-49H,6-23,25-27,30,32-36H2,1-5H3/p+1/b29-28+,31-24+/t37-,39+,40+,41+,42+,43-/m0/s1. The maximum atomic E-state index is 12.9. The van der Waals surface area contributed by atoms with Crippen molar-refractivity contribution in [3.63, 3.8) is 0 Å². The van der Waals surface area contributed by atoms with E-state index in [1.807, 2.05) is 27.2 Å². The summed E-state index contributed by atoms with van der Waals surface area (Å²) < 4.78 is 34.6. The molecule has 1 saturated carbocycles. The lowest BCUT2D eigenvalue weighted by Crippen LogP contribution is -2.37. The summed E-state index contributed by atoms with van der Waals surface area (Å²) in [6, 6.07) is 0. The molecule has 0 aromatic rings. The molecule has 0 aromatic heterocycles. The molecule has 13 heteroatoms. The van der Waals surface area contributed by atoms with E-state index < -0.39 is 56.7 Å². The number of Topliss-reactive ketones (excluding diaryl/α,β-unsaturated/α-hetero) is 1. The van der Waals surface area contributed by atoms with Gasteiger partial charge in [-0.3, -0.25) is 18.6 Å². The molecule has 1 unspecified atom stereocenters. The normalized spacial score (nSPS) is 20.9. The summed E-state index contributed by atoms with van der Waals surface area (Å²) in [5, 5.41) is 31.4. The summed E-state index contributed by atoms with van der Waals surface area (Å²) in [5.41, 5.74) is 0. The van der Waals surface area contributed by atoms with E-state index in [2.05, 4.69) is 13.8 Å². The number of rotatable bonds is 37. The van der Waals surface area contributed by atoms with Crippen LogP contribution >= 0.6 is 7.82 Å². The largest absolute Gasteiger partial charge is 0.498 e. The minimum atomic E-state index is -4.39. The minimum Gasteiger partial charge on any atom is -0.498 e. The highest BCUT2D eigenvalue weighted by Gasteiger charge is 2.41. The number of nitrogens with zero attached hydrogens (tertiary/aromatic N) is 1. The van der Waals surface area contributed by atoms with Gasteiger partial charge in [-0.15, -0.1) is 0 Å². The number of likely N-dealkylation sites (N-methyl/N-ethyl adjacent to an activating group) is 1. The quantitative estimate of drug-likeness (QED) is 0.0118. The molecule has 1 rings (SSSR count). The van der Waals surface area contributed by atoms with Gasteiger partial charge in [-0.1, -0.05) is 116 Å². The van der Waals surface area contributed by atoms with Crippen LogP contribution in [0.4, 0.5) is 0 Å². The number of hydrogen-bond acceptors (Lipinski definition) is 10. The average Bonchev–Trinajstić information content (AvgIpc) is 3.40. The van der Waals surface area contributed by atoms with Crippen LogP contribution in [0.15, 0.2) is 24.5 Å². The van der Waals surface area contributed by atoms with Crippen molar-refractivity contribution < 1.29 is 57.4 Å². The number of phosphoric acid groups is 1. The van der Waals surface area contributed by atoms with Crippen LogP contribution in [0.2, 0.25) is 0 Å². The summed E-state index contributed by atoms with van der Waals surface area (Å²) in [4.78, 5) is 35.9. The number of esters is 1. The summed E-state index contributed by atoms with van der Waals surface area (Å²) in [6.45, 7) is 4.39. The van der Waals surface area contributed by atoms with E-state index in [1.165, 1.54) is 64.2 Å². The Balaban J connectivity index is 2.51. The van der Waals surface area contributed by atoms with Crippen LogP contribution in [0.1, 0.15) is 162 Å². The first-order valence-corrected chi connectivity index (χ1v) is 23.8. The summed E-state index contributed by atoms with van der Waals surface area (Å²) in [7, 11) is 1.41. The lowest BCUT2D eigenvalue weighted by Gasteiger charge is -2.24. The molecular formula is C44H83NO11P+. The highest BCUT2D eigenvalue weighted by Crippen LogP contribution is 2.43. The number of carbonyl (C=O) groups is 2. The van der Waals surface area contributed by atoms with Crippen LogP contribution in [0.5, 0.6) is 0 Å². The molecule has 0 aromatic carbocycles. The van der Waals surface area contributed by atoms with Crippen LogP contribution in [-0.4, -0.2) is 108 Å². The molecule has 0 heterocycles. The lowest BCUT2D eigenvalue weighted by molar-refractivity contribution is -0.870. The van der Waals surface area contributed by atoms with Gasteiger partial charge in [-0.25, -0.2) is 4.57 Å². The van der Waals surface area contributed by atoms with E-state index in [0.29, 0.717) is 30.3 Å². The summed E-state index contributed by atoms with van der Waals surface area (Å²) in [5.74, 6) is -1.46. The minimum absolute atomic E-state index is 0.0126. The number of ether oxygens (including phenoxy) is 2. The number of unbranched alkanes of at least 4 members (excludes halogenated alkanes) is 15. The molecule has 0 amide bonds. The predicted octanol–water partition coefficient (Wildman–Crippen LogP) is 8.73. The number of hydrogen-bond donors (Lipinski definition) is 4. The van der Waals surface area contributed by atoms with Crippen molar-refractivity contribution in [1.29, 1.82) is 0 Å². The van der Waals surface area contributed by atoms with Gasteiger partial charge in [-0.05, 0) is 38.2 Å². The Morgan fingerprint density at radius 3 is 2.02 bits per heavy atom. The zero-order valence-electron chi connectivity index (χ0n) is 36.4. The Hall–Kier alpha value is -1.63. The lowest BCUT2D eigenvalue weighted by atomic mass is 9.87. The zero-order valence-corrected chi connectivity index (χ0v) is 37.3. The Morgan fingerprint density at radius 1 is 0.789 bits per heavy atom. The smallest absolute Gasteiger partial charge is 0.472 e. The maximum absolute atomic E-state index is 12.9. The highest BCUT2D eigenvalue weighted by molar-refractivity contribution is 7.47. The SMILES string of the molecule is CCCCCCCCCCCCCC/C=C/OC[C@H](COP(=O)(O)OCC[N+](C)(C)C)OC(=O)CCCCC(=O)C[C@@H]1[C@@H](/C=C/[C@@H](O)CCCCC)[C@H](O)C[C@@H]1O. The monoisotopic (exact) mass is 833 g/mol. The third-order valence-electron chi connectivity index (χ3n) is 10.6. The zero-order chi connectivity index (χ0) is 42.4. The van der Waals surface area contributed by atoms with E-state index in [4.69, 9.17) is 18.5 Å². The van der Waals surface area contributed by atoms with Crippen molar-refractivity contribution >= 4 is 19.6 Å².